The molecule has 1 atom stereocenters. The molecule has 204 valence electrons. The van der Waals surface area contributed by atoms with Crippen LogP contribution < -0.4 is 9.62 Å². The Morgan fingerprint density at radius 3 is 2.38 bits per heavy atom. The van der Waals surface area contributed by atoms with Gasteiger partial charge in [-0.15, -0.1) is 0 Å². The largest absolute Gasteiger partial charge is 0.354 e. The van der Waals surface area contributed by atoms with Crippen LogP contribution in [0.4, 0.5) is 10.1 Å². The fourth-order valence-corrected chi connectivity index (χ4v) is 5.33. The lowest BCUT2D eigenvalue weighted by Crippen LogP contribution is -2.49. The van der Waals surface area contributed by atoms with Crippen molar-refractivity contribution in [1.82, 2.24) is 10.2 Å². The van der Waals surface area contributed by atoms with Crippen LogP contribution in [0, 0.1) is 5.82 Å². The van der Waals surface area contributed by atoms with E-state index in [4.69, 9.17) is 23.2 Å². The lowest BCUT2D eigenvalue weighted by Gasteiger charge is -2.31. The molecule has 37 heavy (non-hydrogen) atoms. The van der Waals surface area contributed by atoms with E-state index in [1.54, 1.807) is 24.3 Å². The van der Waals surface area contributed by atoms with Crippen molar-refractivity contribution in [3.8, 4) is 0 Å². The fourth-order valence-electron chi connectivity index (χ4n) is 3.90. The molecule has 0 bridgehead atoms. The number of halogens is 3. The molecule has 0 aliphatic carbocycles. The molecule has 2 rings (SSSR count). The van der Waals surface area contributed by atoms with Crippen molar-refractivity contribution in [3.05, 3.63) is 63.9 Å². The number of nitrogens with one attached hydrogen (secondary N) is 1. The van der Waals surface area contributed by atoms with E-state index in [0.29, 0.717) is 28.6 Å². The molecule has 2 amide bonds. The van der Waals surface area contributed by atoms with Crippen LogP contribution in [0.5, 0.6) is 0 Å². The minimum atomic E-state index is -3.79. The van der Waals surface area contributed by atoms with E-state index in [2.05, 4.69) is 5.32 Å². The maximum absolute atomic E-state index is 14.3. The third-order valence-electron chi connectivity index (χ3n) is 5.84. The normalized spacial score (nSPS) is 12.2. The van der Waals surface area contributed by atoms with Gasteiger partial charge in [0.1, 0.15) is 11.9 Å². The summed E-state index contributed by atoms with van der Waals surface area (Å²) in [5.41, 5.74) is 0.548. The molecule has 0 aromatic heterocycles. The molecule has 0 spiro atoms. The number of hydrogen-bond donors (Lipinski definition) is 1. The van der Waals surface area contributed by atoms with Gasteiger partial charge in [-0.05, 0) is 49.1 Å². The zero-order valence-corrected chi connectivity index (χ0v) is 23.7. The average Bonchev–Trinajstić information content (AvgIpc) is 2.83. The molecule has 0 radical (unpaired) electrons. The third-order valence-corrected chi connectivity index (χ3v) is 7.61. The van der Waals surface area contributed by atoms with Crippen LogP contribution >= 0.6 is 23.2 Å². The van der Waals surface area contributed by atoms with Crippen LogP contribution in [-0.4, -0.2) is 50.5 Å². The van der Waals surface area contributed by atoms with E-state index in [1.807, 2.05) is 13.8 Å². The number of anilines is 1. The number of nitrogens with zero attached hydrogens (tertiary/aromatic N) is 2. The molecule has 2 aromatic rings. The Hall–Kier alpha value is -2.36. The first-order chi connectivity index (χ1) is 17.5. The highest BCUT2D eigenvalue weighted by Gasteiger charge is 2.29. The predicted octanol–water partition coefficient (Wildman–Crippen LogP) is 5.40. The first-order valence-electron chi connectivity index (χ1n) is 12.2. The second-order valence-electron chi connectivity index (χ2n) is 8.72. The summed E-state index contributed by atoms with van der Waals surface area (Å²) in [5, 5.41) is 3.70. The Morgan fingerprint density at radius 2 is 1.78 bits per heavy atom. The minimum absolute atomic E-state index is 0.0512. The summed E-state index contributed by atoms with van der Waals surface area (Å²) >= 11 is 12.4. The lowest BCUT2D eigenvalue weighted by molar-refractivity contribution is -0.141. The first-order valence-corrected chi connectivity index (χ1v) is 14.8. The van der Waals surface area contributed by atoms with Gasteiger partial charge in [-0.1, -0.05) is 61.7 Å². The van der Waals surface area contributed by atoms with Gasteiger partial charge in [0.15, 0.2) is 0 Å². The summed E-state index contributed by atoms with van der Waals surface area (Å²) in [5.74, 6) is -1.28. The molecule has 0 fully saturated rings. The van der Waals surface area contributed by atoms with Gasteiger partial charge in [0, 0.05) is 36.1 Å². The number of rotatable bonds is 14. The summed E-state index contributed by atoms with van der Waals surface area (Å²) < 4.78 is 40.0. The second kappa shape index (κ2) is 14.5. The molecule has 0 saturated carbocycles. The topological polar surface area (TPSA) is 86.8 Å². The van der Waals surface area contributed by atoms with E-state index >= 15 is 0 Å². The summed E-state index contributed by atoms with van der Waals surface area (Å²) in [6.45, 7) is 4.32. The quantitative estimate of drug-likeness (QED) is 0.306. The van der Waals surface area contributed by atoms with Gasteiger partial charge < -0.3 is 10.2 Å². The van der Waals surface area contributed by atoms with Gasteiger partial charge >= 0.3 is 0 Å². The highest BCUT2D eigenvalue weighted by Crippen LogP contribution is 2.25. The number of amides is 2. The van der Waals surface area contributed by atoms with Gasteiger partial charge in [-0.25, -0.2) is 12.8 Å². The molecule has 1 N–H and O–H groups in total. The SMILES string of the molecule is CCCCNC(=O)[C@H](CC)N(Cc1ccc(Cl)cc1Cl)C(=O)CCCN(c1ccccc1F)S(C)(=O)=O. The summed E-state index contributed by atoms with van der Waals surface area (Å²) in [4.78, 5) is 27.9. The molecule has 0 aliphatic heterocycles. The molecule has 0 heterocycles. The summed E-state index contributed by atoms with van der Waals surface area (Å²) in [6, 6.07) is 9.76. The van der Waals surface area contributed by atoms with Gasteiger partial charge in [-0.3, -0.25) is 13.9 Å². The van der Waals surface area contributed by atoms with E-state index in [9.17, 15) is 22.4 Å². The number of hydrogen-bond acceptors (Lipinski definition) is 4. The van der Waals surface area contributed by atoms with Crippen molar-refractivity contribution in [2.24, 2.45) is 0 Å². The average molecular weight is 575 g/mol. The zero-order chi connectivity index (χ0) is 27.6. The fraction of sp³-hybridized carbons (Fsp3) is 0.462. The van der Waals surface area contributed by atoms with Crippen LogP contribution in [0.15, 0.2) is 42.5 Å². The maximum atomic E-state index is 14.3. The van der Waals surface area contributed by atoms with Gasteiger partial charge in [0.25, 0.3) is 0 Å². The van der Waals surface area contributed by atoms with E-state index in [0.717, 1.165) is 23.4 Å². The number of carbonyl (C=O) groups is 2. The van der Waals surface area contributed by atoms with Gasteiger partial charge in [0.05, 0.1) is 11.9 Å². The molecule has 0 unspecified atom stereocenters. The molecule has 2 aromatic carbocycles. The van der Waals surface area contributed by atoms with Gasteiger partial charge in [0.2, 0.25) is 21.8 Å². The Morgan fingerprint density at radius 1 is 1.08 bits per heavy atom. The predicted molar refractivity (Wildman–Crippen MR) is 147 cm³/mol. The minimum Gasteiger partial charge on any atom is -0.354 e. The highest BCUT2D eigenvalue weighted by molar-refractivity contribution is 7.92. The first kappa shape index (κ1) is 30.9. The smallest absolute Gasteiger partial charge is 0.242 e. The number of carbonyl (C=O) groups excluding carboxylic acids is 2. The standard InChI is InChI=1S/C26H34Cl2FN3O4S/c1-4-6-15-30-26(34)23(5-2)31(18-19-13-14-20(27)17-21(19)28)25(33)12-9-16-32(37(3,35)36)24-11-8-7-10-22(24)29/h7-8,10-11,13-14,17,23H,4-6,9,12,15-16,18H2,1-3H3,(H,30,34)/t23-/m0/s1. The molecule has 0 aliphatic rings. The molecule has 7 nitrogen and oxygen atoms in total. The molecule has 0 saturated heterocycles. The van der Waals surface area contributed by atoms with Crippen molar-refractivity contribution in [2.45, 2.75) is 58.5 Å². The van der Waals surface area contributed by atoms with Crippen LogP contribution in [0.1, 0.15) is 51.5 Å². The lowest BCUT2D eigenvalue weighted by atomic mass is 10.1. The van der Waals surface area contributed by atoms with Crippen molar-refractivity contribution >= 4 is 50.7 Å². The van der Waals surface area contributed by atoms with E-state index in [-0.39, 0.29) is 43.4 Å². The number of para-hydroxylation sites is 1. The molecule has 11 heteroatoms. The number of benzene rings is 2. The van der Waals surface area contributed by atoms with Crippen molar-refractivity contribution in [3.63, 3.8) is 0 Å². The summed E-state index contributed by atoms with van der Waals surface area (Å²) in [7, 11) is -3.79. The Labute approximate surface area is 229 Å². The molecular formula is C26H34Cl2FN3O4S. The zero-order valence-electron chi connectivity index (χ0n) is 21.3. The van der Waals surface area contributed by atoms with Crippen LogP contribution in [0.2, 0.25) is 10.0 Å². The number of unbranched alkanes of at least 4 members (excludes halogenated alkanes) is 1. The van der Waals surface area contributed by atoms with Gasteiger partial charge in [-0.2, -0.15) is 0 Å². The van der Waals surface area contributed by atoms with Crippen molar-refractivity contribution in [1.29, 1.82) is 0 Å². The monoisotopic (exact) mass is 573 g/mol. The van der Waals surface area contributed by atoms with E-state index in [1.165, 1.54) is 23.1 Å². The van der Waals surface area contributed by atoms with Crippen LogP contribution in [0.3, 0.4) is 0 Å². The Bertz CT molecular complexity index is 1180. The van der Waals surface area contributed by atoms with Crippen LogP contribution in [0.25, 0.3) is 0 Å². The maximum Gasteiger partial charge on any atom is 0.242 e. The highest BCUT2D eigenvalue weighted by atomic mass is 35.5. The summed E-state index contributed by atoms with van der Waals surface area (Å²) in [6.07, 6.45) is 3.17. The Kier molecular flexibility index (Phi) is 12.1. The second-order valence-corrected chi connectivity index (χ2v) is 11.5. The molecular weight excluding hydrogens is 540 g/mol. The van der Waals surface area contributed by atoms with Crippen LogP contribution in [-0.2, 0) is 26.2 Å². The third kappa shape index (κ3) is 9.16. The van der Waals surface area contributed by atoms with Crippen molar-refractivity contribution < 1.29 is 22.4 Å². The number of sulfonamides is 1. The van der Waals surface area contributed by atoms with Crippen molar-refractivity contribution in [2.75, 3.05) is 23.7 Å². The van der Waals surface area contributed by atoms with E-state index < -0.39 is 21.9 Å². The Balaban J connectivity index is 2.24.